The van der Waals surface area contributed by atoms with Gasteiger partial charge < -0.3 is 10.8 Å². The van der Waals surface area contributed by atoms with Gasteiger partial charge in [-0.25, -0.2) is 0 Å². The van der Waals surface area contributed by atoms with Crippen LogP contribution >= 0.6 is 0 Å². The molecule has 2 atom stereocenters. The predicted molar refractivity (Wildman–Crippen MR) is 32.3 cm³/mol. The quantitative estimate of drug-likeness (QED) is 0.444. The second-order valence-electron chi connectivity index (χ2n) is 1.45. The monoisotopic (exact) mass is 169 g/mol. The van der Waals surface area contributed by atoms with Gasteiger partial charge in [-0.1, -0.05) is 0 Å². The van der Waals surface area contributed by atoms with Gasteiger partial charge in [0.1, 0.15) is 6.04 Å². The molecule has 0 aromatic carbocycles. The molecule has 0 aliphatic rings. The molecule has 0 heterocycles. The predicted octanol–water partition coefficient (Wildman–Crippen LogP) is -1.45. The molecule has 0 bridgehead atoms. The van der Waals surface area contributed by atoms with Crippen LogP contribution in [0.1, 0.15) is 0 Å². The summed E-state index contributed by atoms with van der Waals surface area (Å²) in [6.07, 6.45) is 0. The Balaban J connectivity index is 3.49. The van der Waals surface area contributed by atoms with E-state index in [-0.39, 0.29) is 0 Å². The summed E-state index contributed by atoms with van der Waals surface area (Å²) in [6.45, 7) is -0.474. The maximum atomic E-state index is 9.93. The average molecular weight is 169 g/mol. The van der Waals surface area contributed by atoms with Gasteiger partial charge in [0.15, 0.2) is 0 Å². The third-order valence-electron chi connectivity index (χ3n) is 0.666. The lowest BCUT2D eigenvalue weighted by molar-refractivity contribution is -0.139. The molecule has 0 aromatic rings. The zero-order valence-electron chi connectivity index (χ0n) is 4.89. The van der Waals surface area contributed by atoms with Crippen LogP contribution in [0.3, 0.4) is 0 Å². The number of hydrogen-bond acceptors (Lipinski definition) is 4. The van der Waals surface area contributed by atoms with E-state index in [4.69, 9.17) is 15.4 Å². The molecule has 0 rings (SSSR count). The zero-order valence-corrected chi connectivity index (χ0v) is 5.71. The maximum absolute atomic E-state index is 9.93. The van der Waals surface area contributed by atoms with Crippen molar-refractivity contribution in [2.75, 3.05) is 6.61 Å². The standard InChI is InChI=1S/C3H7NO5S/c4-2(3(5)6)1-9-10(7)8/h2H,1,4H2,(H,5,6)(H,7,8). The van der Waals surface area contributed by atoms with Crippen LogP contribution in [-0.2, 0) is 20.3 Å². The zero-order chi connectivity index (χ0) is 8.15. The normalized spacial score (nSPS) is 16.2. The maximum Gasteiger partial charge on any atom is 0.322 e. The van der Waals surface area contributed by atoms with Gasteiger partial charge >= 0.3 is 17.3 Å². The number of carboxylic acid groups (broad SMARTS) is 1. The van der Waals surface area contributed by atoms with Crippen LogP contribution in [-0.4, -0.2) is 32.5 Å². The molecule has 0 spiro atoms. The van der Waals surface area contributed by atoms with Gasteiger partial charge in [-0.2, -0.15) is 4.21 Å². The number of carboxylic acids is 1. The van der Waals surface area contributed by atoms with Crippen molar-refractivity contribution in [3.05, 3.63) is 0 Å². The lowest BCUT2D eigenvalue weighted by Gasteiger charge is -2.02. The molecular formula is C3H7NO5S. The number of rotatable bonds is 4. The number of nitrogens with two attached hydrogens (primary N) is 1. The number of aliphatic carboxylic acids is 1. The molecular weight excluding hydrogens is 162 g/mol. The van der Waals surface area contributed by atoms with E-state index in [0.29, 0.717) is 0 Å². The first-order valence-electron chi connectivity index (χ1n) is 2.26. The molecule has 0 fully saturated rings. The Morgan fingerprint density at radius 3 is 2.60 bits per heavy atom. The Morgan fingerprint density at radius 1 is 1.80 bits per heavy atom. The first-order chi connectivity index (χ1) is 4.54. The summed E-state index contributed by atoms with van der Waals surface area (Å²) in [4.78, 5) is 9.93. The molecule has 0 amide bonds. The first kappa shape index (κ1) is 9.50. The summed E-state index contributed by atoms with van der Waals surface area (Å²) in [7, 11) is 0. The lowest BCUT2D eigenvalue weighted by Crippen LogP contribution is -2.35. The van der Waals surface area contributed by atoms with Crippen molar-refractivity contribution in [3.63, 3.8) is 0 Å². The van der Waals surface area contributed by atoms with E-state index in [1.807, 2.05) is 0 Å². The Labute approximate surface area is 59.5 Å². The Morgan fingerprint density at radius 2 is 2.30 bits per heavy atom. The van der Waals surface area contributed by atoms with Gasteiger partial charge in [-0.15, -0.1) is 0 Å². The minimum atomic E-state index is -2.45. The molecule has 2 unspecified atom stereocenters. The van der Waals surface area contributed by atoms with E-state index < -0.39 is 30.0 Å². The minimum absolute atomic E-state index is 0.474. The SMILES string of the molecule is NC(COS(=O)O)C(=O)O. The Bertz CT molecular complexity index is 148. The van der Waals surface area contributed by atoms with Crippen LogP contribution in [0.5, 0.6) is 0 Å². The van der Waals surface area contributed by atoms with Crippen LogP contribution < -0.4 is 5.73 Å². The fourth-order valence-electron chi connectivity index (χ4n) is 0.203. The van der Waals surface area contributed by atoms with Crippen molar-refractivity contribution in [2.24, 2.45) is 5.73 Å². The molecule has 0 aliphatic heterocycles. The number of hydrogen-bond donors (Lipinski definition) is 3. The lowest BCUT2D eigenvalue weighted by atomic mass is 10.3. The highest BCUT2D eigenvalue weighted by Crippen LogP contribution is 1.83. The average Bonchev–Trinajstić information content (AvgIpc) is 1.82. The molecule has 7 heteroatoms. The molecule has 4 N–H and O–H groups in total. The van der Waals surface area contributed by atoms with Crippen molar-refractivity contribution in [1.82, 2.24) is 0 Å². The highest BCUT2D eigenvalue weighted by molar-refractivity contribution is 7.74. The van der Waals surface area contributed by atoms with Crippen molar-refractivity contribution in [1.29, 1.82) is 0 Å². The fourth-order valence-corrected chi connectivity index (χ4v) is 0.466. The summed E-state index contributed by atoms with van der Waals surface area (Å²) in [5.41, 5.74) is 4.89. The topological polar surface area (TPSA) is 110 Å². The summed E-state index contributed by atoms with van der Waals surface area (Å²) >= 11 is -2.45. The summed E-state index contributed by atoms with van der Waals surface area (Å²) < 4.78 is 21.7. The molecule has 0 saturated carbocycles. The highest BCUT2D eigenvalue weighted by Gasteiger charge is 2.12. The molecule has 0 saturated heterocycles. The summed E-state index contributed by atoms with van der Waals surface area (Å²) in [5, 5.41) is 8.11. The Kier molecular flexibility index (Phi) is 4.12. The first-order valence-corrected chi connectivity index (χ1v) is 3.29. The van der Waals surface area contributed by atoms with Crippen LogP contribution in [0.25, 0.3) is 0 Å². The third kappa shape index (κ3) is 4.39. The highest BCUT2D eigenvalue weighted by atomic mass is 32.2. The molecule has 6 nitrogen and oxygen atoms in total. The summed E-state index contributed by atoms with van der Waals surface area (Å²) in [6, 6.07) is -1.25. The van der Waals surface area contributed by atoms with E-state index in [0.717, 1.165) is 0 Å². The molecule has 0 aliphatic carbocycles. The van der Waals surface area contributed by atoms with Gasteiger partial charge in [-0.05, 0) is 0 Å². The number of carbonyl (C=O) groups is 1. The smallest absolute Gasteiger partial charge is 0.322 e. The van der Waals surface area contributed by atoms with E-state index in [9.17, 15) is 9.00 Å². The second-order valence-corrected chi connectivity index (χ2v) is 2.12. The fraction of sp³-hybridized carbons (Fsp3) is 0.667. The molecule has 0 radical (unpaired) electrons. The third-order valence-corrected chi connectivity index (χ3v) is 1.00. The molecule has 0 aromatic heterocycles. The summed E-state index contributed by atoms with van der Waals surface area (Å²) in [5.74, 6) is -1.27. The second kappa shape index (κ2) is 4.34. The van der Waals surface area contributed by atoms with Crippen LogP contribution in [0.2, 0.25) is 0 Å². The van der Waals surface area contributed by atoms with Gasteiger partial charge in [0.2, 0.25) is 0 Å². The van der Waals surface area contributed by atoms with Gasteiger partial charge in [0, 0.05) is 0 Å². The van der Waals surface area contributed by atoms with Crippen molar-refractivity contribution >= 4 is 17.3 Å². The van der Waals surface area contributed by atoms with Crippen LogP contribution in [0.4, 0.5) is 0 Å². The largest absolute Gasteiger partial charge is 0.480 e. The van der Waals surface area contributed by atoms with Crippen LogP contribution in [0.15, 0.2) is 0 Å². The van der Waals surface area contributed by atoms with Crippen molar-refractivity contribution in [2.45, 2.75) is 6.04 Å². The van der Waals surface area contributed by atoms with E-state index in [1.165, 1.54) is 0 Å². The van der Waals surface area contributed by atoms with Gasteiger partial charge in [0.25, 0.3) is 0 Å². The van der Waals surface area contributed by atoms with E-state index in [1.54, 1.807) is 0 Å². The van der Waals surface area contributed by atoms with E-state index >= 15 is 0 Å². The van der Waals surface area contributed by atoms with Gasteiger partial charge in [-0.3, -0.25) is 13.5 Å². The van der Waals surface area contributed by atoms with E-state index in [2.05, 4.69) is 4.18 Å². The van der Waals surface area contributed by atoms with Gasteiger partial charge in [0.05, 0.1) is 6.61 Å². The van der Waals surface area contributed by atoms with Crippen molar-refractivity contribution in [3.8, 4) is 0 Å². The van der Waals surface area contributed by atoms with Crippen molar-refractivity contribution < 1.29 is 22.8 Å². The molecule has 60 valence electrons. The molecule has 10 heavy (non-hydrogen) atoms. The van der Waals surface area contributed by atoms with Crippen LogP contribution in [0, 0.1) is 0 Å². The Hall–Kier alpha value is -0.500. The minimum Gasteiger partial charge on any atom is -0.480 e.